The number of pyridine rings is 1. The predicted molar refractivity (Wildman–Crippen MR) is 76.5 cm³/mol. The van der Waals surface area contributed by atoms with E-state index in [2.05, 4.69) is 40.3 Å². The lowest BCUT2D eigenvalue weighted by atomic mass is 10.0. The highest BCUT2D eigenvalue weighted by Gasteiger charge is 2.18. The van der Waals surface area contributed by atoms with Crippen molar-refractivity contribution in [1.29, 1.82) is 0 Å². The van der Waals surface area contributed by atoms with Crippen LogP contribution in [0.15, 0.2) is 18.3 Å². The van der Waals surface area contributed by atoms with Gasteiger partial charge in [0.15, 0.2) is 5.65 Å². The van der Waals surface area contributed by atoms with Gasteiger partial charge in [-0.1, -0.05) is 12.5 Å². The largest absolute Gasteiger partial charge is 0.351 e. The van der Waals surface area contributed by atoms with Crippen LogP contribution in [-0.2, 0) is 0 Å². The van der Waals surface area contributed by atoms with Crippen molar-refractivity contribution in [3.63, 3.8) is 0 Å². The van der Waals surface area contributed by atoms with Crippen LogP contribution in [0.3, 0.4) is 0 Å². The molecule has 1 saturated heterocycles. The average Bonchev–Trinajstić information content (AvgIpc) is 2.79. The van der Waals surface area contributed by atoms with Crippen LogP contribution in [0.1, 0.15) is 24.8 Å². The summed E-state index contributed by atoms with van der Waals surface area (Å²) in [4.78, 5) is 6.91. The number of anilines is 1. The van der Waals surface area contributed by atoms with Gasteiger partial charge in [0.05, 0.1) is 0 Å². The zero-order chi connectivity index (χ0) is 13.2. The molecule has 0 radical (unpaired) electrons. The third kappa shape index (κ3) is 2.71. The van der Waals surface area contributed by atoms with Gasteiger partial charge in [-0.2, -0.15) is 4.98 Å². The van der Waals surface area contributed by atoms with Gasteiger partial charge in [-0.3, -0.25) is 0 Å². The first-order chi connectivity index (χ1) is 9.22. The summed E-state index contributed by atoms with van der Waals surface area (Å²) in [5, 5.41) is 7.83. The van der Waals surface area contributed by atoms with Crippen LogP contribution in [0, 0.1) is 6.92 Å². The zero-order valence-electron chi connectivity index (χ0n) is 11.6. The highest BCUT2D eigenvalue weighted by atomic mass is 15.3. The van der Waals surface area contributed by atoms with Gasteiger partial charge < -0.3 is 10.2 Å². The van der Waals surface area contributed by atoms with Gasteiger partial charge in [0.1, 0.15) is 0 Å². The number of nitrogens with one attached hydrogen (secondary N) is 1. The molecule has 1 fully saturated rings. The van der Waals surface area contributed by atoms with Gasteiger partial charge in [-0.05, 0) is 45.0 Å². The topological polar surface area (TPSA) is 45.5 Å². The second-order valence-electron chi connectivity index (χ2n) is 5.46. The molecule has 0 aliphatic carbocycles. The molecule has 3 rings (SSSR count). The SMILES string of the molecule is Cc1ccc2nc(NCC3CCCCN3C)nn2c1. The lowest BCUT2D eigenvalue weighted by Gasteiger charge is -2.32. The first-order valence-electron chi connectivity index (χ1n) is 6.99. The first-order valence-corrected chi connectivity index (χ1v) is 6.99. The van der Waals surface area contributed by atoms with Crippen LogP contribution in [0.2, 0.25) is 0 Å². The predicted octanol–water partition coefficient (Wildman–Crippen LogP) is 1.93. The molecule has 3 heterocycles. The second-order valence-corrected chi connectivity index (χ2v) is 5.46. The summed E-state index contributed by atoms with van der Waals surface area (Å²) in [7, 11) is 2.20. The third-order valence-electron chi connectivity index (χ3n) is 3.90. The first kappa shape index (κ1) is 12.4. The summed E-state index contributed by atoms with van der Waals surface area (Å²) in [5.41, 5.74) is 2.08. The maximum atomic E-state index is 4.49. The number of nitrogens with zero attached hydrogens (tertiary/aromatic N) is 4. The maximum Gasteiger partial charge on any atom is 0.243 e. The minimum absolute atomic E-state index is 0.599. The van der Waals surface area contributed by atoms with Crippen LogP contribution >= 0.6 is 0 Å². The normalized spacial score (nSPS) is 20.8. The van der Waals surface area contributed by atoms with Crippen molar-refractivity contribution in [2.75, 3.05) is 25.5 Å². The zero-order valence-corrected chi connectivity index (χ0v) is 11.6. The molecule has 0 aromatic carbocycles. The van der Waals surface area contributed by atoms with Gasteiger partial charge in [0.2, 0.25) is 5.95 Å². The highest BCUT2D eigenvalue weighted by Crippen LogP contribution is 2.15. The van der Waals surface area contributed by atoms with Gasteiger partial charge in [-0.25, -0.2) is 4.52 Å². The number of fused-ring (bicyclic) bond motifs is 1. The molecule has 1 aliphatic rings. The fourth-order valence-corrected chi connectivity index (χ4v) is 2.67. The van der Waals surface area contributed by atoms with E-state index in [-0.39, 0.29) is 0 Å². The van der Waals surface area contributed by atoms with Crippen LogP contribution in [0.5, 0.6) is 0 Å². The van der Waals surface area contributed by atoms with Crippen molar-refractivity contribution < 1.29 is 0 Å². The Hall–Kier alpha value is -1.62. The van der Waals surface area contributed by atoms with E-state index in [1.54, 1.807) is 0 Å². The summed E-state index contributed by atoms with van der Waals surface area (Å²) in [5.74, 6) is 0.726. The lowest BCUT2D eigenvalue weighted by Crippen LogP contribution is -2.40. The van der Waals surface area contributed by atoms with E-state index in [4.69, 9.17) is 0 Å². The van der Waals surface area contributed by atoms with E-state index < -0.39 is 0 Å². The molecular weight excluding hydrogens is 238 g/mol. The van der Waals surface area contributed by atoms with Crippen molar-refractivity contribution in [3.8, 4) is 0 Å². The van der Waals surface area contributed by atoms with Crippen LogP contribution in [0.25, 0.3) is 5.65 Å². The second kappa shape index (κ2) is 5.17. The number of rotatable bonds is 3. The van der Waals surface area contributed by atoms with E-state index >= 15 is 0 Å². The number of aromatic nitrogens is 3. The molecule has 0 spiro atoms. The average molecular weight is 259 g/mol. The molecular formula is C14H21N5. The molecule has 5 heteroatoms. The molecule has 5 nitrogen and oxygen atoms in total. The number of aryl methyl sites for hydroxylation is 1. The Morgan fingerprint density at radius 3 is 3.11 bits per heavy atom. The van der Waals surface area contributed by atoms with Gasteiger partial charge in [0, 0.05) is 18.8 Å². The van der Waals surface area contributed by atoms with Crippen molar-refractivity contribution in [1.82, 2.24) is 19.5 Å². The Bertz CT molecular complexity index is 562. The van der Waals surface area contributed by atoms with Gasteiger partial charge in [-0.15, -0.1) is 5.10 Å². The third-order valence-corrected chi connectivity index (χ3v) is 3.90. The van der Waals surface area contributed by atoms with Crippen molar-refractivity contribution in [3.05, 3.63) is 23.9 Å². The van der Waals surface area contributed by atoms with Crippen molar-refractivity contribution in [2.24, 2.45) is 0 Å². The van der Waals surface area contributed by atoms with E-state index in [0.29, 0.717) is 6.04 Å². The number of likely N-dealkylation sites (tertiary alicyclic amines) is 1. The molecule has 19 heavy (non-hydrogen) atoms. The van der Waals surface area contributed by atoms with E-state index in [1.165, 1.54) is 31.4 Å². The number of hydrogen-bond donors (Lipinski definition) is 1. The van der Waals surface area contributed by atoms with Gasteiger partial charge in [0.25, 0.3) is 0 Å². The molecule has 2 aromatic heterocycles. The smallest absolute Gasteiger partial charge is 0.243 e. The Labute approximate surface area is 113 Å². The Kier molecular flexibility index (Phi) is 3.38. The molecule has 1 N–H and O–H groups in total. The van der Waals surface area contributed by atoms with Crippen molar-refractivity contribution >= 4 is 11.6 Å². The molecule has 0 saturated carbocycles. The number of hydrogen-bond acceptors (Lipinski definition) is 4. The summed E-state index contributed by atoms with van der Waals surface area (Å²) in [6, 6.07) is 4.66. The minimum Gasteiger partial charge on any atom is -0.351 e. The molecule has 1 atom stereocenters. The summed E-state index contributed by atoms with van der Waals surface area (Å²) < 4.78 is 1.84. The van der Waals surface area contributed by atoms with Gasteiger partial charge >= 0.3 is 0 Å². The lowest BCUT2D eigenvalue weighted by molar-refractivity contribution is 0.194. The quantitative estimate of drug-likeness (QED) is 0.915. The van der Waals surface area contributed by atoms with E-state index in [0.717, 1.165) is 18.1 Å². The molecule has 0 amide bonds. The van der Waals surface area contributed by atoms with Crippen molar-refractivity contribution in [2.45, 2.75) is 32.2 Å². The molecule has 0 bridgehead atoms. The minimum atomic E-state index is 0.599. The molecule has 1 aliphatic heterocycles. The standard InChI is InChI=1S/C14H21N5/c1-11-6-7-13-16-14(17-19(13)10-11)15-9-12-5-3-4-8-18(12)2/h6-7,10,12H,3-5,8-9H2,1-2H3,(H,15,17). The fraction of sp³-hybridized carbons (Fsp3) is 0.571. The highest BCUT2D eigenvalue weighted by molar-refractivity contribution is 5.44. The Balaban J connectivity index is 1.68. The number of likely N-dealkylation sites (N-methyl/N-ethyl adjacent to an activating group) is 1. The number of piperidine rings is 1. The van der Waals surface area contributed by atoms with E-state index in [1.807, 2.05) is 16.8 Å². The molecule has 1 unspecified atom stereocenters. The summed E-state index contributed by atoms with van der Waals surface area (Å²) >= 11 is 0. The van der Waals surface area contributed by atoms with Crippen LogP contribution < -0.4 is 5.32 Å². The maximum absolute atomic E-state index is 4.49. The monoisotopic (exact) mass is 259 g/mol. The Morgan fingerprint density at radius 1 is 1.37 bits per heavy atom. The van der Waals surface area contributed by atoms with Crippen LogP contribution in [0.4, 0.5) is 5.95 Å². The van der Waals surface area contributed by atoms with E-state index in [9.17, 15) is 0 Å². The molecule has 2 aromatic rings. The molecule has 102 valence electrons. The fourth-order valence-electron chi connectivity index (χ4n) is 2.67. The summed E-state index contributed by atoms with van der Waals surface area (Å²) in [6.45, 7) is 4.18. The Morgan fingerprint density at radius 2 is 2.26 bits per heavy atom. The summed E-state index contributed by atoms with van der Waals surface area (Å²) in [6.07, 6.45) is 5.91. The van der Waals surface area contributed by atoms with Crippen LogP contribution in [-0.4, -0.2) is 45.7 Å².